The minimum Gasteiger partial charge on any atom is -0.355 e. The van der Waals surface area contributed by atoms with Crippen LogP contribution in [0.15, 0.2) is 10.7 Å². The molecule has 2 heterocycles. The van der Waals surface area contributed by atoms with Gasteiger partial charge in [-0.05, 0) is 34.5 Å². The lowest BCUT2D eigenvalue weighted by Crippen LogP contribution is -2.32. The lowest BCUT2D eigenvalue weighted by atomic mass is 10.2. The molecule has 100 valence electrons. The first-order chi connectivity index (χ1) is 8.72. The van der Waals surface area contributed by atoms with Crippen molar-refractivity contribution >= 4 is 39.5 Å². The monoisotopic (exact) mass is 330 g/mol. The molecule has 1 unspecified atom stereocenters. The minimum atomic E-state index is 0.584. The number of nitrogens with one attached hydrogen (secondary N) is 1. The Morgan fingerprint density at radius 1 is 1.61 bits per heavy atom. The fourth-order valence-electron chi connectivity index (χ4n) is 1.93. The molecule has 0 spiro atoms. The molecule has 0 radical (unpaired) electrons. The first-order valence-corrected chi connectivity index (χ1v) is 8.24. The molecule has 1 fully saturated rings. The third-order valence-electron chi connectivity index (χ3n) is 3.05. The first-order valence-electron chi connectivity index (χ1n) is 6.29. The average molecular weight is 331 g/mol. The van der Waals surface area contributed by atoms with Crippen molar-refractivity contribution < 1.29 is 0 Å². The highest BCUT2D eigenvalue weighted by molar-refractivity contribution is 9.10. The van der Waals surface area contributed by atoms with E-state index in [9.17, 15) is 0 Å². The van der Waals surface area contributed by atoms with Gasteiger partial charge < -0.3 is 10.2 Å². The molecule has 0 amide bonds. The lowest BCUT2D eigenvalue weighted by molar-refractivity contribution is 0.689. The molecule has 0 bridgehead atoms. The first kappa shape index (κ1) is 13.9. The van der Waals surface area contributed by atoms with Crippen molar-refractivity contribution in [3.8, 4) is 0 Å². The van der Waals surface area contributed by atoms with Gasteiger partial charge in [0, 0.05) is 31.6 Å². The summed E-state index contributed by atoms with van der Waals surface area (Å²) in [6.07, 6.45) is 4.14. The van der Waals surface area contributed by atoms with Gasteiger partial charge in [0.1, 0.15) is 5.82 Å². The Bertz CT molecular complexity index is 396. The molecule has 0 aromatic carbocycles. The van der Waals surface area contributed by atoms with Crippen LogP contribution in [0.3, 0.4) is 0 Å². The zero-order chi connectivity index (χ0) is 13.0. The van der Waals surface area contributed by atoms with E-state index in [0.717, 1.165) is 23.3 Å². The predicted molar refractivity (Wildman–Crippen MR) is 82.6 cm³/mol. The summed E-state index contributed by atoms with van der Waals surface area (Å²) in [6, 6.07) is 0.584. The van der Waals surface area contributed by atoms with E-state index in [4.69, 9.17) is 0 Å². The van der Waals surface area contributed by atoms with Crippen LogP contribution < -0.4 is 10.2 Å². The standard InChI is InChI=1S/C12H19BrN4S/c1-3-5-14-12-15-7-10(13)11(16-12)17(2)9-4-6-18-8-9/h7,9H,3-6,8H2,1-2H3,(H,14,15,16). The van der Waals surface area contributed by atoms with E-state index < -0.39 is 0 Å². The highest BCUT2D eigenvalue weighted by atomic mass is 79.9. The van der Waals surface area contributed by atoms with Crippen LogP contribution in [0.25, 0.3) is 0 Å². The highest BCUT2D eigenvalue weighted by Crippen LogP contribution is 2.29. The molecule has 1 aliphatic rings. The Balaban J connectivity index is 2.14. The van der Waals surface area contributed by atoms with Crippen LogP contribution in [0.5, 0.6) is 0 Å². The third-order valence-corrected chi connectivity index (χ3v) is 4.75. The Kier molecular flexibility index (Phi) is 5.12. The summed E-state index contributed by atoms with van der Waals surface area (Å²) in [6.45, 7) is 3.04. The van der Waals surface area contributed by atoms with Crippen LogP contribution in [0.2, 0.25) is 0 Å². The van der Waals surface area contributed by atoms with Crippen molar-refractivity contribution in [1.29, 1.82) is 0 Å². The van der Waals surface area contributed by atoms with Crippen molar-refractivity contribution in [1.82, 2.24) is 9.97 Å². The minimum absolute atomic E-state index is 0.584. The molecule has 6 heteroatoms. The van der Waals surface area contributed by atoms with Crippen molar-refractivity contribution in [3.05, 3.63) is 10.7 Å². The van der Waals surface area contributed by atoms with Crippen molar-refractivity contribution in [2.75, 3.05) is 35.3 Å². The summed E-state index contributed by atoms with van der Waals surface area (Å²) in [5, 5.41) is 3.23. The van der Waals surface area contributed by atoms with Gasteiger partial charge in [-0.2, -0.15) is 16.7 Å². The van der Waals surface area contributed by atoms with E-state index in [2.05, 4.69) is 50.1 Å². The summed E-state index contributed by atoms with van der Waals surface area (Å²) in [5.74, 6) is 4.13. The van der Waals surface area contributed by atoms with E-state index in [0.29, 0.717) is 12.0 Å². The molecule has 1 aromatic rings. The summed E-state index contributed by atoms with van der Waals surface area (Å²) in [4.78, 5) is 11.2. The van der Waals surface area contributed by atoms with Gasteiger partial charge in [0.05, 0.1) is 4.47 Å². The number of hydrogen-bond acceptors (Lipinski definition) is 5. The Morgan fingerprint density at radius 2 is 2.44 bits per heavy atom. The lowest BCUT2D eigenvalue weighted by Gasteiger charge is -2.26. The normalized spacial score (nSPS) is 18.9. The average Bonchev–Trinajstić information content (AvgIpc) is 2.91. The van der Waals surface area contributed by atoms with Crippen LogP contribution >= 0.6 is 27.7 Å². The second-order valence-electron chi connectivity index (χ2n) is 4.42. The molecule has 2 rings (SSSR count). The number of nitrogens with zero attached hydrogens (tertiary/aromatic N) is 3. The Morgan fingerprint density at radius 3 is 3.11 bits per heavy atom. The topological polar surface area (TPSA) is 41.1 Å². The van der Waals surface area contributed by atoms with Crippen molar-refractivity contribution in [3.63, 3.8) is 0 Å². The fraction of sp³-hybridized carbons (Fsp3) is 0.667. The molecule has 0 saturated carbocycles. The van der Waals surface area contributed by atoms with Crippen molar-refractivity contribution in [2.24, 2.45) is 0 Å². The molecular weight excluding hydrogens is 312 g/mol. The maximum absolute atomic E-state index is 4.60. The molecule has 4 nitrogen and oxygen atoms in total. The summed E-state index contributed by atoms with van der Waals surface area (Å²) in [7, 11) is 2.12. The highest BCUT2D eigenvalue weighted by Gasteiger charge is 2.23. The number of halogens is 1. The van der Waals surface area contributed by atoms with Gasteiger partial charge in [-0.25, -0.2) is 4.98 Å². The number of aromatic nitrogens is 2. The van der Waals surface area contributed by atoms with Crippen LogP contribution in [-0.2, 0) is 0 Å². The molecule has 1 N–H and O–H groups in total. The molecule has 1 atom stereocenters. The van der Waals surface area contributed by atoms with E-state index in [1.54, 1.807) is 0 Å². The van der Waals surface area contributed by atoms with E-state index in [1.807, 2.05) is 18.0 Å². The van der Waals surface area contributed by atoms with Gasteiger partial charge in [0.25, 0.3) is 0 Å². The molecule has 18 heavy (non-hydrogen) atoms. The molecule has 0 aliphatic carbocycles. The smallest absolute Gasteiger partial charge is 0.224 e. The zero-order valence-corrected chi connectivity index (χ0v) is 13.2. The van der Waals surface area contributed by atoms with Gasteiger partial charge >= 0.3 is 0 Å². The van der Waals surface area contributed by atoms with Gasteiger partial charge in [0.2, 0.25) is 5.95 Å². The zero-order valence-electron chi connectivity index (χ0n) is 10.8. The Hall–Kier alpha value is -0.490. The number of rotatable bonds is 5. The second-order valence-corrected chi connectivity index (χ2v) is 6.42. The number of thioether (sulfide) groups is 1. The van der Waals surface area contributed by atoms with Gasteiger partial charge in [-0.1, -0.05) is 6.92 Å². The summed E-state index contributed by atoms with van der Waals surface area (Å²) < 4.78 is 0.962. The van der Waals surface area contributed by atoms with Gasteiger partial charge in [-0.3, -0.25) is 0 Å². The Labute approximate surface area is 121 Å². The predicted octanol–water partition coefficient (Wildman–Crippen LogP) is 3.00. The van der Waals surface area contributed by atoms with Gasteiger partial charge in [-0.15, -0.1) is 0 Å². The van der Waals surface area contributed by atoms with Crippen molar-refractivity contribution in [2.45, 2.75) is 25.8 Å². The SMILES string of the molecule is CCCNc1ncc(Br)c(N(C)C2CCSC2)n1. The van der Waals surface area contributed by atoms with Crippen LogP contribution in [0, 0.1) is 0 Å². The molecular formula is C12H19BrN4S. The van der Waals surface area contributed by atoms with Gasteiger partial charge in [0.15, 0.2) is 0 Å². The largest absolute Gasteiger partial charge is 0.355 e. The molecule has 1 aromatic heterocycles. The molecule has 1 aliphatic heterocycles. The van der Waals surface area contributed by atoms with Crippen LogP contribution in [0.4, 0.5) is 11.8 Å². The molecule has 1 saturated heterocycles. The van der Waals surface area contributed by atoms with E-state index in [-0.39, 0.29) is 0 Å². The summed E-state index contributed by atoms with van der Waals surface area (Å²) >= 11 is 5.56. The second kappa shape index (κ2) is 6.61. The van der Waals surface area contributed by atoms with Crippen LogP contribution in [0.1, 0.15) is 19.8 Å². The van der Waals surface area contributed by atoms with Crippen LogP contribution in [-0.4, -0.2) is 41.1 Å². The summed E-state index contributed by atoms with van der Waals surface area (Å²) in [5.41, 5.74) is 0. The van der Waals surface area contributed by atoms with E-state index in [1.165, 1.54) is 17.9 Å². The quantitative estimate of drug-likeness (QED) is 0.898. The number of hydrogen-bond donors (Lipinski definition) is 1. The maximum Gasteiger partial charge on any atom is 0.224 e. The van der Waals surface area contributed by atoms with E-state index >= 15 is 0 Å². The third kappa shape index (κ3) is 3.29. The number of anilines is 2. The fourth-order valence-corrected chi connectivity index (χ4v) is 3.67. The maximum atomic E-state index is 4.60.